The van der Waals surface area contributed by atoms with Crippen molar-refractivity contribution in [2.24, 2.45) is 4.99 Å². The Hall–Kier alpha value is -3.02. The third-order valence-electron chi connectivity index (χ3n) is 4.56. The monoisotopic (exact) mass is 381 g/mol. The molecule has 2 aromatic carbocycles. The van der Waals surface area contributed by atoms with Gasteiger partial charge in [0.2, 0.25) is 0 Å². The zero-order valence-corrected chi connectivity index (χ0v) is 16.5. The summed E-state index contributed by atoms with van der Waals surface area (Å²) >= 11 is 0. The van der Waals surface area contributed by atoms with Crippen LogP contribution >= 0.6 is 0 Å². The number of urea groups is 1. The lowest BCUT2D eigenvalue weighted by atomic mass is 10.2. The highest BCUT2D eigenvalue weighted by Crippen LogP contribution is 2.30. The average Bonchev–Trinajstić information content (AvgIpc) is 3.00. The van der Waals surface area contributed by atoms with E-state index in [9.17, 15) is 4.79 Å². The van der Waals surface area contributed by atoms with Gasteiger partial charge >= 0.3 is 6.03 Å². The number of hydrogen-bond acceptors (Lipinski definition) is 4. The van der Waals surface area contributed by atoms with E-state index in [1.165, 1.54) is 0 Å². The van der Waals surface area contributed by atoms with Crippen LogP contribution in [0.15, 0.2) is 53.5 Å². The predicted octanol–water partition coefficient (Wildman–Crippen LogP) is 5.10. The highest BCUT2D eigenvalue weighted by Gasteiger charge is 2.25. The molecule has 6 heteroatoms. The van der Waals surface area contributed by atoms with Crippen molar-refractivity contribution in [3.63, 3.8) is 0 Å². The SMILES string of the molecule is CCOc1ccc(NC(=O)N(C2=NCCCCC2)c2ccccc2OC)cc1. The third-order valence-corrected chi connectivity index (χ3v) is 4.56. The van der Waals surface area contributed by atoms with Gasteiger partial charge in [-0.3, -0.25) is 4.99 Å². The normalized spacial score (nSPS) is 13.9. The number of carbonyl (C=O) groups is 1. The Bertz CT molecular complexity index is 818. The number of ether oxygens (including phenoxy) is 2. The zero-order valence-electron chi connectivity index (χ0n) is 16.5. The van der Waals surface area contributed by atoms with Crippen molar-refractivity contribution in [3.05, 3.63) is 48.5 Å². The maximum absolute atomic E-state index is 13.3. The van der Waals surface area contributed by atoms with Gasteiger partial charge < -0.3 is 14.8 Å². The molecule has 0 bridgehead atoms. The number of rotatable bonds is 5. The first-order valence-electron chi connectivity index (χ1n) is 9.73. The highest BCUT2D eigenvalue weighted by molar-refractivity contribution is 6.21. The summed E-state index contributed by atoms with van der Waals surface area (Å²) in [4.78, 5) is 19.6. The van der Waals surface area contributed by atoms with Crippen LogP contribution in [0.25, 0.3) is 0 Å². The lowest BCUT2D eigenvalue weighted by Crippen LogP contribution is -2.40. The Morgan fingerprint density at radius 2 is 1.89 bits per heavy atom. The summed E-state index contributed by atoms with van der Waals surface area (Å²) in [5.41, 5.74) is 1.39. The highest BCUT2D eigenvalue weighted by atomic mass is 16.5. The smallest absolute Gasteiger partial charge is 0.332 e. The number of carbonyl (C=O) groups excluding carboxylic acids is 1. The molecule has 0 unspecified atom stereocenters. The van der Waals surface area contributed by atoms with Crippen LogP contribution in [0, 0.1) is 0 Å². The van der Waals surface area contributed by atoms with Crippen molar-refractivity contribution in [1.82, 2.24) is 0 Å². The number of para-hydroxylation sites is 2. The van der Waals surface area contributed by atoms with E-state index >= 15 is 0 Å². The van der Waals surface area contributed by atoms with Crippen molar-refractivity contribution in [1.29, 1.82) is 0 Å². The second kappa shape index (κ2) is 9.78. The molecule has 0 spiro atoms. The Labute approximate surface area is 166 Å². The second-order valence-corrected chi connectivity index (χ2v) is 6.50. The number of methoxy groups -OCH3 is 1. The summed E-state index contributed by atoms with van der Waals surface area (Å²) in [6.45, 7) is 3.28. The van der Waals surface area contributed by atoms with E-state index in [2.05, 4.69) is 10.3 Å². The maximum Gasteiger partial charge on any atom is 0.332 e. The van der Waals surface area contributed by atoms with Crippen LogP contribution in [0.2, 0.25) is 0 Å². The Morgan fingerprint density at radius 1 is 1.11 bits per heavy atom. The molecule has 6 nitrogen and oxygen atoms in total. The molecule has 28 heavy (non-hydrogen) atoms. The number of amidine groups is 1. The molecule has 2 amide bonds. The molecule has 148 valence electrons. The van der Waals surface area contributed by atoms with Gasteiger partial charge in [0, 0.05) is 18.7 Å². The average molecular weight is 381 g/mol. The first-order chi connectivity index (χ1) is 13.7. The zero-order chi connectivity index (χ0) is 19.8. The summed E-state index contributed by atoms with van der Waals surface area (Å²) in [5.74, 6) is 2.18. The van der Waals surface area contributed by atoms with Crippen LogP contribution in [0.5, 0.6) is 11.5 Å². The molecule has 0 aliphatic carbocycles. The van der Waals surface area contributed by atoms with Crippen molar-refractivity contribution in [2.75, 3.05) is 30.5 Å². The molecule has 0 fully saturated rings. The van der Waals surface area contributed by atoms with Gasteiger partial charge in [-0.15, -0.1) is 0 Å². The lowest BCUT2D eigenvalue weighted by Gasteiger charge is -2.26. The number of nitrogens with one attached hydrogen (secondary N) is 1. The number of aliphatic imine (C=N–C) groups is 1. The third kappa shape index (κ3) is 4.82. The number of anilines is 2. The summed E-state index contributed by atoms with van der Waals surface area (Å²) < 4.78 is 11.0. The fraction of sp³-hybridized carbons (Fsp3) is 0.364. The number of amides is 2. The van der Waals surface area contributed by atoms with Crippen molar-refractivity contribution in [3.8, 4) is 11.5 Å². The molecule has 1 aliphatic heterocycles. The predicted molar refractivity (Wildman–Crippen MR) is 113 cm³/mol. The molecule has 0 atom stereocenters. The Balaban J connectivity index is 1.89. The van der Waals surface area contributed by atoms with Crippen molar-refractivity contribution < 1.29 is 14.3 Å². The fourth-order valence-corrected chi connectivity index (χ4v) is 3.20. The van der Waals surface area contributed by atoms with Gasteiger partial charge in [-0.05, 0) is 56.2 Å². The van der Waals surface area contributed by atoms with Crippen LogP contribution in [0.3, 0.4) is 0 Å². The quantitative estimate of drug-likeness (QED) is 0.783. The van der Waals surface area contributed by atoms with Crippen LogP contribution in [0.4, 0.5) is 16.2 Å². The van der Waals surface area contributed by atoms with E-state index in [0.717, 1.165) is 43.8 Å². The van der Waals surface area contributed by atoms with Gasteiger partial charge in [-0.2, -0.15) is 0 Å². The van der Waals surface area contributed by atoms with Crippen molar-refractivity contribution in [2.45, 2.75) is 32.6 Å². The number of nitrogens with zero attached hydrogens (tertiary/aromatic N) is 2. The standard InChI is InChI=1S/C22H27N3O3/c1-3-28-18-14-12-17(13-15-18)24-22(26)25(21-11-5-4-8-16-23-21)19-9-6-7-10-20(19)27-2/h6-7,9-10,12-15H,3-5,8,11,16H2,1-2H3,(H,24,26). The molecular weight excluding hydrogens is 354 g/mol. The summed E-state index contributed by atoms with van der Waals surface area (Å²) in [6.07, 6.45) is 3.94. The summed E-state index contributed by atoms with van der Waals surface area (Å²) in [6, 6.07) is 14.6. The van der Waals surface area contributed by atoms with Gasteiger partial charge in [0.15, 0.2) is 0 Å². The molecule has 0 saturated heterocycles. The summed E-state index contributed by atoms with van der Waals surface area (Å²) in [5, 5.41) is 2.97. The number of hydrogen-bond donors (Lipinski definition) is 1. The van der Waals surface area contributed by atoms with E-state index in [1.54, 1.807) is 12.0 Å². The Kier molecular flexibility index (Phi) is 6.89. The van der Waals surface area contributed by atoms with Gasteiger partial charge in [0.25, 0.3) is 0 Å². The second-order valence-electron chi connectivity index (χ2n) is 6.50. The van der Waals surface area contributed by atoms with Gasteiger partial charge in [-0.1, -0.05) is 18.6 Å². The van der Waals surface area contributed by atoms with E-state index in [4.69, 9.17) is 9.47 Å². The Morgan fingerprint density at radius 3 is 2.64 bits per heavy atom. The largest absolute Gasteiger partial charge is 0.495 e. The molecule has 1 heterocycles. The molecule has 3 rings (SSSR count). The van der Waals surface area contributed by atoms with Crippen LogP contribution in [-0.4, -0.2) is 32.1 Å². The first kappa shape index (κ1) is 19.7. The summed E-state index contributed by atoms with van der Waals surface area (Å²) in [7, 11) is 1.61. The minimum atomic E-state index is -0.255. The van der Waals surface area contributed by atoms with E-state index < -0.39 is 0 Å². The number of benzene rings is 2. The topological polar surface area (TPSA) is 63.2 Å². The molecule has 2 aromatic rings. The van der Waals surface area contributed by atoms with Crippen molar-refractivity contribution >= 4 is 23.2 Å². The maximum atomic E-state index is 13.3. The minimum absolute atomic E-state index is 0.255. The van der Waals surface area contributed by atoms with Gasteiger partial charge in [0.1, 0.15) is 17.3 Å². The molecular formula is C22H27N3O3. The van der Waals surface area contributed by atoms with Crippen LogP contribution < -0.4 is 19.7 Å². The van der Waals surface area contributed by atoms with Gasteiger partial charge in [0.05, 0.1) is 19.4 Å². The molecule has 0 aromatic heterocycles. The van der Waals surface area contributed by atoms with Gasteiger partial charge in [-0.25, -0.2) is 9.69 Å². The van der Waals surface area contributed by atoms with E-state index in [1.807, 2.05) is 55.5 Å². The van der Waals surface area contributed by atoms with Crippen LogP contribution in [0.1, 0.15) is 32.6 Å². The molecule has 0 saturated carbocycles. The van der Waals surface area contributed by atoms with E-state index in [-0.39, 0.29) is 6.03 Å². The molecule has 1 N–H and O–H groups in total. The van der Waals surface area contributed by atoms with Crippen LogP contribution in [-0.2, 0) is 0 Å². The first-order valence-corrected chi connectivity index (χ1v) is 9.73. The molecule has 1 aliphatic rings. The minimum Gasteiger partial charge on any atom is -0.495 e. The lowest BCUT2D eigenvalue weighted by molar-refractivity contribution is 0.259. The molecule has 0 radical (unpaired) electrons. The van der Waals surface area contributed by atoms with E-state index in [0.29, 0.717) is 23.7 Å². The fourth-order valence-electron chi connectivity index (χ4n) is 3.20.